The van der Waals surface area contributed by atoms with E-state index >= 15 is 0 Å². The fourth-order valence-electron chi connectivity index (χ4n) is 12.7. The van der Waals surface area contributed by atoms with Crippen LogP contribution in [0.25, 0.3) is 43.5 Å². The number of nitrogens with one attached hydrogen (secondary N) is 3. The Bertz CT molecular complexity index is 3380. The molecule has 426 valence electrons. The van der Waals surface area contributed by atoms with Gasteiger partial charge in [0.15, 0.2) is 0 Å². The van der Waals surface area contributed by atoms with Crippen molar-refractivity contribution in [2.24, 2.45) is 11.3 Å². The summed E-state index contributed by atoms with van der Waals surface area (Å²) in [6.45, 7) is 16.2. The van der Waals surface area contributed by atoms with Crippen molar-refractivity contribution in [2.75, 3.05) is 39.4 Å². The van der Waals surface area contributed by atoms with Crippen molar-refractivity contribution in [3.8, 4) is 21.6 Å². The molecule has 5 atom stereocenters. The summed E-state index contributed by atoms with van der Waals surface area (Å²) in [5, 5.41) is 25.4. The molecule has 0 spiro atoms. The van der Waals surface area contributed by atoms with E-state index in [1.807, 2.05) is 109 Å². The van der Waals surface area contributed by atoms with Gasteiger partial charge in [0.2, 0.25) is 17.7 Å². The van der Waals surface area contributed by atoms with E-state index in [4.69, 9.17) is 19.0 Å². The van der Waals surface area contributed by atoms with Crippen molar-refractivity contribution in [3.05, 3.63) is 124 Å². The lowest BCUT2D eigenvalue weighted by molar-refractivity contribution is -0.144. The standard InChI is InChI=1S/C63H75N9O8S/c1-36(40-13-15-43(16-14-40)58-38(3)65-35-81-58)66-61(76)53-31-47(73)33-71(53)62(77)59(63(5,6)7)68-54(74)34-70-23-19-48(20-24-70)79-49-29-46(30-49)67-60(75)44-17-18-50-51(27-44)72(57(41-11-9-8-10-12-41)42-21-25-78-26-22-42)52-28-45(32-64-56(50)52)55-37(2)69-80-39(55)4/h8-18,27-28,32,35-36,42,46-49,53,57,59,73H,19-26,29-31,33-34H2,1-7H3,(H,66,76)(H,67,75)(H,68,74)/t36-,46-,47+,49-,53-,57+,59+/m0/s1. The van der Waals surface area contributed by atoms with E-state index in [1.165, 1.54) is 10.5 Å². The first kappa shape index (κ1) is 56.1. The second-order valence-electron chi connectivity index (χ2n) is 24.0. The van der Waals surface area contributed by atoms with Crippen LogP contribution >= 0.6 is 11.3 Å². The number of aryl methyl sites for hydroxylation is 3. The van der Waals surface area contributed by atoms with Gasteiger partial charge in [-0.1, -0.05) is 80.5 Å². The number of carbonyl (C=O) groups excluding carboxylic acids is 4. The topological polar surface area (TPSA) is 206 Å². The average molecular weight is 1120 g/mol. The average Bonchev–Trinajstić information content (AvgIpc) is 4.40. The van der Waals surface area contributed by atoms with E-state index in [9.17, 15) is 24.3 Å². The van der Waals surface area contributed by atoms with Crippen LogP contribution in [0.2, 0.25) is 0 Å². The van der Waals surface area contributed by atoms with Gasteiger partial charge in [-0.25, -0.2) is 4.98 Å². The number of ether oxygens (including phenoxy) is 2. The quantitative estimate of drug-likeness (QED) is 0.0716. The van der Waals surface area contributed by atoms with Gasteiger partial charge in [0.1, 0.15) is 17.8 Å². The fraction of sp³-hybridized carbons (Fsp3) is 0.476. The maximum Gasteiger partial charge on any atom is 0.251 e. The highest BCUT2D eigenvalue weighted by atomic mass is 32.1. The van der Waals surface area contributed by atoms with Crippen molar-refractivity contribution in [3.63, 3.8) is 0 Å². The molecular formula is C63H75N9O8S. The van der Waals surface area contributed by atoms with Crippen LogP contribution in [0.1, 0.15) is 123 Å². The van der Waals surface area contributed by atoms with E-state index in [1.54, 1.807) is 11.3 Å². The lowest BCUT2D eigenvalue weighted by Crippen LogP contribution is -2.59. The van der Waals surface area contributed by atoms with Crippen molar-refractivity contribution in [2.45, 2.75) is 142 Å². The number of aliphatic hydroxyl groups excluding tert-OH is 1. The first-order chi connectivity index (χ1) is 39.0. The van der Waals surface area contributed by atoms with Crippen LogP contribution in [0.4, 0.5) is 0 Å². The Balaban J connectivity index is 0.684. The number of amides is 4. The largest absolute Gasteiger partial charge is 0.391 e. The summed E-state index contributed by atoms with van der Waals surface area (Å²) in [7, 11) is 0. The maximum absolute atomic E-state index is 14.4. The van der Waals surface area contributed by atoms with Crippen LogP contribution in [-0.4, -0.2) is 134 Å². The summed E-state index contributed by atoms with van der Waals surface area (Å²) in [6, 6.07) is 24.6. The third-order valence-corrected chi connectivity index (χ3v) is 18.1. The molecule has 7 aromatic rings. The van der Waals surface area contributed by atoms with Gasteiger partial charge in [0, 0.05) is 73.6 Å². The zero-order valence-corrected chi connectivity index (χ0v) is 48.3. The minimum atomic E-state index is -0.923. The molecule has 1 aliphatic carbocycles. The Morgan fingerprint density at radius 3 is 2.25 bits per heavy atom. The molecule has 0 radical (unpaired) electrons. The van der Waals surface area contributed by atoms with Crippen LogP contribution in [0.5, 0.6) is 0 Å². The number of β-amino-alcohol motifs (C(OH)–C–C–N with tert-alkyl or cyclic N) is 1. The van der Waals surface area contributed by atoms with Crippen LogP contribution in [-0.2, 0) is 23.9 Å². The SMILES string of the molecule is Cc1ncsc1-c1ccc([C@H](C)NC(=O)[C@@H]2C[C@@H](O)CN2C(=O)[C@@H](NC(=O)CN2CCC(O[C@H]3C[C@H](NC(=O)c4ccc5c6ncc(-c7c(C)noc7C)cc6n([C@H](c6ccccc6)C6CCOCC6)c5c4)C3)CC2)C(C)(C)C)cc1. The number of piperidine rings is 1. The van der Waals surface area contributed by atoms with Crippen molar-refractivity contribution >= 4 is 56.9 Å². The van der Waals surface area contributed by atoms with Crippen LogP contribution in [0, 0.1) is 32.1 Å². The lowest BCUT2D eigenvalue weighted by Gasteiger charge is -2.40. The van der Waals surface area contributed by atoms with Gasteiger partial charge in [-0.3, -0.25) is 29.1 Å². The molecule has 4 fully saturated rings. The first-order valence-corrected chi connectivity index (χ1v) is 29.6. The molecule has 3 aliphatic heterocycles. The van der Waals surface area contributed by atoms with Crippen molar-refractivity contribution < 1.29 is 38.3 Å². The van der Waals surface area contributed by atoms with E-state index in [-0.39, 0.29) is 67.6 Å². The van der Waals surface area contributed by atoms with Gasteiger partial charge in [-0.15, -0.1) is 11.3 Å². The van der Waals surface area contributed by atoms with Gasteiger partial charge in [-0.2, -0.15) is 0 Å². The number of nitrogens with zero attached hydrogens (tertiary/aromatic N) is 6. The molecule has 4 N–H and O–H groups in total. The van der Waals surface area contributed by atoms with E-state index < -0.39 is 29.5 Å². The molecule has 7 heterocycles. The molecular weight excluding hydrogens is 1040 g/mol. The normalized spacial score (nSPS) is 21.4. The molecule has 4 aliphatic rings. The van der Waals surface area contributed by atoms with E-state index in [0.717, 1.165) is 91.9 Å². The van der Waals surface area contributed by atoms with Gasteiger partial charge in [0.05, 0.1) is 75.3 Å². The summed E-state index contributed by atoms with van der Waals surface area (Å²) < 4.78 is 20.4. The number of hydrogen-bond donors (Lipinski definition) is 4. The number of benzene rings is 3. The lowest BCUT2D eigenvalue weighted by atomic mass is 9.85. The van der Waals surface area contributed by atoms with Gasteiger partial charge in [-0.05, 0) is 119 Å². The van der Waals surface area contributed by atoms with Crippen LogP contribution in [0.15, 0.2) is 95.1 Å². The van der Waals surface area contributed by atoms with Crippen molar-refractivity contribution in [1.29, 1.82) is 0 Å². The van der Waals surface area contributed by atoms with Gasteiger partial charge in [0.25, 0.3) is 5.91 Å². The molecule has 18 heteroatoms. The van der Waals surface area contributed by atoms with Gasteiger partial charge < -0.3 is 44.5 Å². The molecule has 4 amide bonds. The Morgan fingerprint density at radius 1 is 0.827 bits per heavy atom. The number of pyridine rings is 1. The molecule has 17 nitrogen and oxygen atoms in total. The second-order valence-corrected chi connectivity index (χ2v) is 24.8. The summed E-state index contributed by atoms with van der Waals surface area (Å²) in [5.74, 6) is -0.113. The zero-order chi connectivity index (χ0) is 56.7. The molecule has 0 bridgehead atoms. The second kappa shape index (κ2) is 23.6. The predicted molar refractivity (Wildman–Crippen MR) is 312 cm³/mol. The first-order valence-electron chi connectivity index (χ1n) is 28.7. The molecule has 3 aromatic carbocycles. The smallest absolute Gasteiger partial charge is 0.251 e. The number of fused-ring (bicyclic) bond motifs is 3. The predicted octanol–water partition coefficient (Wildman–Crippen LogP) is 9.02. The number of rotatable bonds is 16. The number of aliphatic hydroxyl groups is 1. The number of carbonyl (C=O) groups is 4. The minimum absolute atomic E-state index is 0.000352. The Morgan fingerprint density at radius 2 is 1.57 bits per heavy atom. The molecule has 11 rings (SSSR count). The van der Waals surface area contributed by atoms with Gasteiger partial charge >= 0.3 is 0 Å². The summed E-state index contributed by atoms with van der Waals surface area (Å²) >= 11 is 1.58. The summed E-state index contributed by atoms with van der Waals surface area (Å²) in [4.78, 5) is 70.2. The third-order valence-electron chi connectivity index (χ3n) is 17.1. The molecule has 1 saturated carbocycles. The number of likely N-dealkylation sites (tertiary alicyclic amines) is 2. The minimum Gasteiger partial charge on any atom is -0.391 e. The highest BCUT2D eigenvalue weighted by Crippen LogP contribution is 2.42. The fourth-order valence-corrected chi connectivity index (χ4v) is 13.5. The molecule has 81 heavy (non-hydrogen) atoms. The highest BCUT2D eigenvalue weighted by molar-refractivity contribution is 7.13. The Hall–Kier alpha value is -6.83. The monoisotopic (exact) mass is 1120 g/mol. The van der Waals surface area contributed by atoms with Crippen LogP contribution in [0.3, 0.4) is 0 Å². The van der Waals surface area contributed by atoms with E-state index in [0.29, 0.717) is 50.6 Å². The van der Waals surface area contributed by atoms with Crippen molar-refractivity contribution in [1.82, 2.24) is 45.4 Å². The van der Waals surface area contributed by atoms with E-state index in [2.05, 4.69) is 65.9 Å². The zero-order valence-electron chi connectivity index (χ0n) is 47.4. The number of hydrogen-bond acceptors (Lipinski definition) is 13. The molecule has 0 unspecified atom stereocenters. The Labute approximate surface area is 477 Å². The number of thiazole rings is 1. The molecule has 3 saturated heterocycles. The highest BCUT2D eigenvalue weighted by Gasteiger charge is 2.45. The third kappa shape index (κ3) is 11.9. The summed E-state index contributed by atoms with van der Waals surface area (Å²) in [5.41, 5.74) is 11.3. The van der Waals surface area contributed by atoms with Crippen LogP contribution < -0.4 is 16.0 Å². The summed E-state index contributed by atoms with van der Waals surface area (Å²) in [6.07, 6.45) is 5.92. The maximum atomic E-state index is 14.4. The molecule has 4 aromatic heterocycles. The Kier molecular flexibility index (Phi) is 16.3. The number of aromatic nitrogens is 4.